The van der Waals surface area contributed by atoms with Gasteiger partial charge in [0.2, 0.25) is 0 Å². The number of rotatable bonds is 99. The first-order valence-corrected chi connectivity index (χ1v) is 58.8. The fourth-order valence-corrected chi connectivity index (χ4v) is 18.1. The van der Waals surface area contributed by atoms with Crippen LogP contribution >= 0.6 is 22.8 Å². The first kappa shape index (κ1) is 132. The zero-order chi connectivity index (χ0) is 87.7. The van der Waals surface area contributed by atoms with E-state index in [-0.39, 0.29) is 100 Å². The predicted octanol–water partition coefficient (Wildman–Crippen LogP) is 35.2. The van der Waals surface area contributed by atoms with Crippen LogP contribution in [0.25, 0.3) is 0 Å². The third-order valence-electron chi connectivity index (χ3n) is 24.3. The van der Waals surface area contributed by atoms with Crippen LogP contribution in [0, 0.1) is 81.7 Å². The summed E-state index contributed by atoms with van der Waals surface area (Å²) in [7, 11) is -12.8. The van der Waals surface area contributed by atoms with E-state index in [1.54, 1.807) is 0 Å². The predicted molar refractivity (Wildman–Crippen MR) is 525 cm³/mol. The van der Waals surface area contributed by atoms with Gasteiger partial charge in [0.1, 0.15) is 0 Å². The molecule has 0 aliphatic rings. The van der Waals surface area contributed by atoms with E-state index in [1.165, 1.54) is 482 Å². The summed E-state index contributed by atoms with van der Waals surface area (Å²) in [6, 6.07) is 0. The van der Waals surface area contributed by atoms with Gasteiger partial charge in [-0.05, 0) is 192 Å². The second kappa shape index (κ2) is 117. The molecule has 0 saturated carbocycles. The fourth-order valence-electron chi connectivity index (χ4n) is 16.3. The molecule has 14 heteroatoms. The molecule has 0 amide bonds. The first-order valence-electron chi connectivity index (χ1n) is 53.6. The molecule has 0 aromatic heterocycles. The summed E-state index contributed by atoms with van der Waals surface area (Å²) >= 11 is 0. The molecule has 0 aromatic rings. The van der Waals surface area contributed by atoms with Crippen LogP contribution in [0.2, 0.25) is 0 Å². The minimum Gasteiger partial charge on any atom is -0.811 e. The summed E-state index contributed by atoms with van der Waals surface area (Å²) in [6.07, 6.45) is 146. The Kier molecular flexibility index (Phi) is 126. The number of hydrogen-bond donors (Lipinski definition) is 0. The van der Waals surface area contributed by atoms with Crippen molar-refractivity contribution in [1.29, 1.82) is 0 Å². The van der Waals surface area contributed by atoms with Gasteiger partial charge in [-0.2, -0.15) is 0 Å². The first-order chi connectivity index (χ1) is 58.7. The zero-order valence-corrected chi connectivity index (χ0v) is 90.8. The van der Waals surface area contributed by atoms with E-state index in [0.717, 1.165) is 77.0 Å². The minimum atomic E-state index is -4.28. The van der Waals surface area contributed by atoms with Crippen LogP contribution in [0.5, 0.6) is 0 Å². The van der Waals surface area contributed by atoms with E-state index in [4.69, 9.17) is 0 Å². The zero-order valence-electron chi connectivity index (χ0n) is 81.7. The van der Waals surface area contributed by atoms with Crippen molar-refractivity contribution >= 4 is 22.8 Å². The second-order valence-corrected chi connectivity index (χ2v) is 41.8. The Balaban J connectivity index is -0.000000556. The topological polar surface area (TPSA) is 190 Å². The van der Waals surface area contributed by atoms with E-state index in [0.29, 0.717) is 19.3 Å². The van der Waals surface area contributed by atoms with Crippen molar-refractivity contribution in [1.82, 2.24) is 0 Å². The maximum Gasteiger partial charge on any atom is 3.00 e. The van der Waals surface area contributed by atoms with Gasteiger partial charge in [-0.3, -0.25) is 0 Å². The molecule has 716 valence electrons. The Morgan fingerprint density at radius 3 is 0.287 bits per heavy atom. The van der Waals surface area contributed by atoms with Crippen LogP contribution in [-0.2, 0) is 13.7 Å². The van der Waals surface area contributed by atoms with Gasteiger partial charge in [-0.1, -0.05) is 521 Å². The van der Waals surface area contributed by atoms with E-state index in [2.05, 4.69) is 93.7 Å². The van der Waals surface area contributed by atoms with Gasteiger partial charge in [-0.25, -0.2) is 0 Å². The smallest absolute Gasteiger partial charge is 0.811 e. The molecule has 0 heterocycles. The average molecular weight is 2030 g/mol. The summed E-state index contributed by atoms with van der Waals surface area (Å²) in [6.45, 7) is 6.86. The fraction of sp³-hybridized carbons (Fsp3) is 0.889. The van der Waals surface area contributed by atoms with Crippen LogP contribution in [0.4, 0.5) is 0 Å². The molecule has 9 nitrogen and oxygen atoms in total. The van der Waals surface area contributed by atoms with Crippen LogP contribution in [0.1, 0.15) is 599 Å². The van der Waals surface area contributed by atoms with Crippen LogP contribution in [-0.4, -0.2) is 18.5 Å². The van der Waals surface area contributed by atoms with Gasteiger partial charge < -0.3 is 43.1 Å². The molecule has 0 fully saturated rings. The summed E-state index contributed by atoms with van der Waals surface area (Å²) in [5, 5.41) is 0. The van der Waals surface area contributed by atoms with E-state index in [9.17, 15) is 43.1 Å². The van der Waals surface area contributed by atoms with Gasteiger partial charge in [0.25, 0.3) is 0 Å². The van der Waals surface area contributed by atoms with Crippen molar-refractivity contribution in [2.75, 3.05) is 18.5 Å². The molecule has 0 unspecified atom stereocenters. The summed E-state index contributed by atoms with van der Waals surface area (Å²) in [4.78, 5) is 63.4. The van der Waals surface area contributed by atoms with Crippen molar-refractivity contribution < 1.29 is 125 Å². The van der Waals surface area contributed by atoms with E-state index < -0.39 is 22.8 Å². The molecule has 0 N–H and O–H groups in total. The van der Waals surface area contributed by atoms with Gasteiger partial charge in [0, 0.05) is 0 Å². The van der Waals surface area contributed by atoms with Crippen LogP contribution < -0.4 is 29.4 Å². The van der Waals surface area contributed by atoms with Crippen molar-refractivity contribution in [3.8, 4) is 0 Å². The molecule has 0 spiro atoms. The van der Waals surface area contributed by atoms with Crippen LogP contribution in [0.15, 0.2) is 72.9 Å². The summed E-state index contributed by atoms with van der Waals surface area (Å²) < 4.78 is 31.7. The minimum absolute atomic E-state index is 0. The van der Waals surface area contributed by atoms with Gasteiger partial charge in [0.15, 0.2) is 0 Å². The van der Waals surface area contributed by atoms with Crippen molar-refractivity contribution in [3.05, 3.63) is 72.9 Å². The van der Waals surface area contributed by atoms with E-state index >= 15 is 0 Å². The normalized spacial score (nSPS) is 12.2. The molecule has 0 aliphatic carbocycles. The Labute approximate surface area is 829 Å². The molecule has 0 bridgehead atoms. The number of hydrogen-bond acceptors (Lipinski definition) is 9. The maximum atomic E-state index is 10.6. The SMILES string of the molecule is CCCCCCCC/C=C\CCCCCCCCCCCCCCCC/C=C\CCCCCCCCP(=O)([O-])[O-].CCCCCCCC/C=C\CCCCCCCCCCCCCCCC/C=C\CCCCCCCCP(=O)([O-])[O-].CCCCCCCC/C=C\CCCCCCCCCCCCCCCC/C=C\CCCCCCCCP(=O)([O-])[O-].[Nd+3].[Nd+3]. The van der Waals surface area contributed by atoms with Crippen molar-refractivity contribution in [3.63, 3.8) is 0 Å². The molecule has 122 heavy (non-hydrogen) atoms. The molecule has 0 atom stereocenters. The summed E-state index contributed by atoms with van der Waals surface area (Å²) in [5.74, 6) is 0. The average Bonchev–Trinajstić information content (AvgIpc) is 1.00. The third-order valence-corrected chi connectivity index (χ3v) is 26.9. The molecule has 0 aromatic carbocycles. The maximum absolute atomic E-state index is 10.6. The molecule has 0 rings (SSSR count). The van der Waals surface area contributed by atoms with Crippen molar-refractivity contribution in [2.24, 2.45) is 0 Å². The quantitative estimate of drug-likeness (QED) is 0.0324. The molecule has 0 aliphatic heterocycles. The molecule has 2 radical (unpaired) electrons. The number of allylic oxidation sites excluding steroid dienone is 12. The van der Waals surface area contributed by atoms with Gasteiger partial charge >= 0.3 is 81.7 Å². The molecule has 0 saturated heterocycles. The van der Waals surface area contributed by atoms with Gasteiger partial charge in [-0.15, -0.1) is 0 Å². The molecular weight excluding hydrogens is 1820 g/mol. The van der Waals surface area contributed by atoms with Crippen molar-refractivity contribution in [2.45, 2.75) is 599 Å². The Morgan fingerprint density at radius 2 is 0.205 bits per heavy atom. The number of unbranched alkanes of at least 4 members (excludes halogenated alkanes) is 81. The standard InChI is InChI=1S/3C36H71O3P.2Nd/c3*1-2-3-4-5-6-7-8-9-10-11-12-13-14-15-16-17-18-19-20-21-22-23-24-25-26-27-28-29-30-31-32-33-34-35-36-40(37,38)39;;/h3*9-10,27-28H,2-8,11-26,29-36H2,1H3,(H2,37,38,39);;/q;;;2*+3/p-6/b3*10-9-,28-27-;;. The molecular formula is C108H207Nd2O9P3. The Morgan fingerprint density at radius 1 is 0.131 bits per heavy atom. The Hall–Kier alpha value is 1.59. The largest absolute Gasteiger partial charge is 3.00 e. The third kappa shape index (κ3) is 139. The summed E-state index contributed by atoms with van der Waals surface area (Å²) in [5.41, 5.74) is 0. The van der Waals surface area contributed by atoms with E-state index in [1.807, 2.05) is 0 Å². The second-order valence-electron chi connectivity index (χ2n) is 36.8. The van der Waals surface area contributed by atoms with Gasteiger partial charge in [0.05, 0.1) is 0 Å². The van der Waals surface area contributed by atoms with Crippen LogP contribution in [0.3, 0.4) is 0 Å². The monoisotopic (exact) mass is 2030 g/mol. The Bertz CT molecular complexity index is 2000.